The first kappa shape index (κ1) is 7.83. The van der Waals surface area contributed by atoms with Gasteiger partial charge in [-0.1, -0.05) is 0 Å². The fourth-order valence-corrected chi connectivity index (χ4v) is 1.66. The van der Waals surface area contributed by atoms with Gasteiger partial charge in [0.2, 0.25) is 0 Å². The van der Waals surface area contributed by atoms with Crippen molar-refractivity contribution in [1.82, 2.24) is 5.32 Å². The van der Waals surface area contributed by atoms with E-state index in [1.165, 1.54) is 0 Å². The zero-order valence-electron chi connectivity index (χ0n) is 6.86. The van der Waals surface area contributed by atoms with E-state index >= 15 is 0 Å². The average Bonchev–Trinajstić information content (AvgIpc) is 2.77. The van der Waals surface area contributed by atoms with Crippen LogP contribution in [-0.2, 0) is 0 Å². The van der Waals surface area contributed by atoms with E-state index in [4.69, 9.17) is 4.42 Å². The third-order valence-corrected chi connectivity index (χ3v) is 2.36. The van der Waals surface area contributed by atoms with Gasteiger partial charge in [0.1, 0.15) is 0 Å². The highest BCUT2D eigenvalue weighted by Crippen LogP contribution is 2.22. The van der Waals surface area contributed by atoms with E-state index in [9.17, 15) is 5.11 Å². The summed E-state index contributed by atoms with van der Waals surface area (Å²) in [6.45, 7) is 1.01. The van der Waals surface area contributed by atoms with Crippen LogP contribution in [-0.4, -0.2) is 17.7 Å². The predicted molar refractivity (Wildman–Crippen MR) is 44.7 cm³/mol. The smallest absolute Gasteiger partial charge is 0.0973 e. The largest absolute Gasteiger partial charge is 0.472 e. The van der Waals surface area contributed by atoms with Gasteiger partial charge in [0.05, 0.1) is 18.6 Å². The van der Waals surface area contributed by atoms with E-state index < -0.39 is 6.10 Å². The minimum Gasteiger partial charge on any atom is -0.472 e. The number of nitrogens with one attached hydrogen (secondary N) is 1. The molecule has 1 unspecified atom stereocenters. The molecule has 2 rings (SSSR count). The van der Waals surface area contributed by atoms with Crippen LogP contribution >= 0.6 is 0 Å². The molecule has 1 aromatic rings. The number of hydrogen-bond acceptors (Lipinski definition) is 3. The second-order valence-electron chi connectivity index (χ2n) is 3.20. The minimum absolute atomic E-state index is 0.211. The van der Waals surface area contributed by atoms with Crippen molar-refractivity contribution in [1.29, 1.82) is 0 Å². The zero-order chi connectivity index (χ0) is 8.39. The normalized spacial score (nSPS) is 25.9. The van der Waals surface area contributed by atoms with Gasteiger partial charge in [-0.2, -0.15) is 0 Å². The summed E-state index contributed by atoms with van der Waals surface area (Å²) in [5, 5.41) is 13.0. The van der Waals surface area contributed by atoms with E-state index in [0.29, 0.717) is 0 Å². The van der Waals surface area contributed by atoms with Crippen LogP contribution in [0.15, 0.2) is 23.0 Å². The van der Waals surface area contributed by atoms with Gasteiger partial charge in [-0.15, -0.1) is 0 Å². The van der Waals surface area contributed by atoms with Gasteiger partial charge in [0, 0.05) is 11.6 Å². The predicted octanol–water partition coefficient (Wildman–Crippen LogP) is 1.06. The SMILES string of the molecule is OC(c1ccoc1)[C@@H]1CCCN1. The summed E-state index contributed by atoms with van der Waals surface area (Å²) in [5.74, 6) is 0. The summed E-state index contributed by atoms with van der Waals surface area (Å²) in [6.07, 6.45) is 4.98. The molecule has 12 heavy (non-hydrogen) atoms. The van der Waals surface area contributed by atoms with Gasteiger partial charge in [-0.05, 0) is 25.5 Å². The van der Waals surface area contributed by atoms with Gasteiger partial charge < -0.3 is 14.8 Å². The fourth-order valence-electron chi connectivity index (χ4n) is 1.66. The van der Waals surface area contributed by atoms with E-state index in [-0.39, 0.29) is 6.04 Å². The lowest BCUT2D eigenvalue weighted by Crippen LogP contribution is -2.28. The lowest BCUT2D eigenvalue weighted by atomic mass is 10.0. The van der Waals surface area contributed by atoms with Crippen LogP contribution in [0.4, 0.5) is 0 Å². The summed E-state index contributed by atoms with van der Waals surface area (Å²) in [7, 11) is 0. The van der Waals surface area contributed by atoms with Crippen molar-refractivity contribution >= 4 is 0 Å². The van der Waals surface area contributed by atoms with E-state index in [1.54, 1.807) is 12.5 Å². The fraction of sp³-hybridized carbons (Fsp3) is 0.556. The minimum atomic E-state index is -0.411. The second-order valence-corrected chi connectivity index (χ2v) is 3.20. The van der Waals surface area contributed by atoms with Crippen LogP contribution in [0.25, 0.3) is 0 Å². The molecule has 2 N–H and O–H groups in total. The molecule has 1 fully saturated rings. The van der Waals surface area contributed by atoms with Gasteiger partial charge >= 0.3 is 0 Å². The Morgan fingerprint density at radius 2 is 2.58 bits per heavy atom. The van der Waals surface area contributed by atoms with Crippen molar-refractivity contribution in [2.24, 2.45) is 0 Å². The molecule has 0 saturated carbocycles. The standard InChI is InChI=1S/C9H13NO2/c11-9(7-3-5-12-6-7)8-2-1-4-10-8/h3,5-6,8-11H,1-2,4H2/t8-,9?/m0/s1. The van der Waals surface area contributed by atoms with Gasteiger partial charge in [0.15, 0.2) is 0 Å². The summed E-state index contributed by atoms with van der Waals surface area (Å²) < 4.78 is 4.91. The molecule has 3 heteroatoms. The molecule has 0 radical (unpaired) electrons. The van der Waals surface area contributed by atoms with E-state index in [0.717, 1.165) is 24.9 Å². The van der Waals surface area contributed by atoms with Crippen molar-refractivity contribution in [3.05, 3.63) is 24.2 Å². The average molecular weight is 167 g/mol. The van der Waals surface area contributed by atoms with Crippen LogP contribution in [0, 0.1) is 0 Å². The molecule has 0 aliphatic carbocycles. The first-order valence-electron chi connectivity index (χ1n) is 4.31. The van der Waals surface area contributed by atoms with Crippen molar-refractivity contribution < 1.29 is 9.52 Å². The molecular weight excluding hydrogens is 154 g/mol. The Bertz CT molecular complexity index is 227. The summed E-state index contributed by atoms with van der Waals surface area (Å²) in [4.78, 5) is 0. The summed E-state index contributed by atoms with van der Waals surface area (Å²) in [6, 6.07) is 2.02. The number of hydrogen-bond donors (Lipinski definition) is 2. The van der Waals surface area contributed by atoms with Gasteiger partial charge in [0.25, 0.3) is 0 Å². The maximum absolute atomic E-state index is 9.79. The maximum atomic E-state index is 9.79. The Morgan fingerprint density at radius 3 is 3.17 bits per heavy atom. The van der Waals surface area contributed by atoms with Crippen molar-refractivity contribution in [2.75, 3.05) is 6.54 Å². The highest BCUT2D eigenvalue weighted by atomic mass is 16.3. The van der Waals surface area contributed by atoms with Crippen LogP contribution in [0.3, 0.4) is 0 Å². The van der Waals surface area contributed by atoms with Gasteiger partial charge in [-0.3, -0.25) is 0 Å². The molecule has 0 aromatic carbocycles. The molecule has 2 atom stereocenters. The Balaban J connectivity index is 2.04. The first-order chi connectivity index (χ1) is 5.88. The Hall–Kier alpha value is -0.800. The van der Waals surface area contributed by atoms with Crippen molar-refractivity contribution in [3.8, 4) is 0 Å². The van der Waals surface area contributed by atoms with Gasteiger partial charge in [-0.25, -0.2) is 0 Å². The van der Waals surface area contributed by atoms with Crippen LogP contribution in [0.1, 0.15) is 24.5 Å². The molecule has 2 heterocycles. The monoisotopic (exact) mass is 167 g/mol. The Labute approximate surface area is 71.4 Å². The number of furan rings is 1. The third-order valence-electron chi connectivity index (χ3n) is 2.36. The van der Waals surface area contributed by atoms with E-state index in [2.05, 4.69) is 5.32 Å². The van der Waals surface area contributed by atoms with E-state index in [1.807, 2.05) is 6.07 Å². The maximum Gasteiger partial charge on any atom is 0.0973 e. The quantitative estimate of drug-likeness (QED) is 0.692. The summed E-state index contributed by atoms with van der Waals surface area (Å²) in [5.41, 5.74) is 0.870. The summed E-state index contributed by atoms with van der Waals surface area (Å²) >= 11 is 0. The molecule has 1 aromatic heterocycles. The highest BCUT2D eigenvalue weighted by molar-refractivity contribution is 5.12. The molecule has 1 aliphatic heterocycles. The molecule has 66 valence electrons. The highest BCUT2D eigenvalue weighted by Gasteiger charge is 2.24. The van der Waals surface area contributed by atoms with Crippen LogP contribution in [0.2, 0.25) is 0 Å². The molecule has 3 nitrogen and oxygen atoms in total. The number of aliphatic hydroxyl groups excluding tert-OH is 1. The Kier molecular flexibility index (Phi) is 2.15. The molecule has 0 bridgehead atoms. The number of aliphatic hydroxyl groups is 1. The third kappa shape index (κ3) is 1.38. The molecule has 0 amide bonds. The molecule has 1 saturated heterocycles. The number of rotatable bonds is 2. The van der Waals surface area contributed by atoms with Crippen LogP contribution < -0.4 is 5.32 Å². The topological polar surface area (TPSA) is 45.4 Å². The molecule has 0 spiro atoms. The lowest BCUT2D eigenvalue weighted by Gasteiger charge is -2.16. The zero-order valence-corrected chi connectivity index (χ0v) is 6.86. The van der Waals surface area contributed by atoms with Crippen molar-refractivity contribution in [2.45, 2.75) is 25.0 Å². The van der Waals surface area contributed by atoms with Crippen LogP contribution in [0.5, 0.6) is 0 Å². The lowest BCUT2D eigenvalue weighted by molar-refractivity contribution is 0.137. The second kappa shape index (κ2) is 3.29. The Morgan fingerprint density at radius 1 is 1.67 bits per heavy atom. The first-order valence-corrected chi connectivity index (χ1v) is 4.31. The molecular formula is C9H13NO2. The molecule has 1 aliphatic rings. The van der Waals surface area contributed by atoms with Crippen molar-refractivity contribution in [3.63, 3.8) is 0 Å².